The molecule has 4 heteroatoms. The highest BCUT2D eigenvalue weighted by Gasteiger charge is 2.06. The van der Waals surface area contributed by atoms with Crippen LogP contribution in [0.5, 0.6) is 0 Å². The molecular formula is C4H6N3O. The first kappa shape index (κ1) is 5.08. The minimum absolute atomic E-state index is 0.620. The van der Waals surface area contributed by atoms with Crippen LogP contribution in [-0.4, -0.2) is 18.8 Å². The van der Waals surface area contributed by atoms with Crippen LogP contribution < -0.4 is 10.7 Å². The van der Waals surface area contributed by atoms with Crippen LogP contribution in [0.2, 0.25) is 0 Å². The van der Waals surface area contributed by atoms with E-state index >= 15 is 0 Å². The summed E-state index contributed by atoms with van der Waals surface area (Å²) in [4.78, 5) is 9.51. The van der Waals surface area contributed by atoms with Crippen molar-refractivity contribution in [2.24, 2.45) is 5.10 Å². The molecule has 1 rings (SSSR count). The molecule has 0 atom stereocenters. The van der Waals surface area contributed by atoms with E-state index in [0.717, 1.165) is 12.3 Å². The SMILES string of the molecule is O=[C]NCCC1=NN1. The number of hydrogen-bond acceptors (Lipinski definition) is 3. The second kappa shape index (κ2) is 2.30. The number of amidine groups is 1. The van der Waals surface area contributed by atoms with Crippen LogP contribution in [0.25, 0.3) is 0 Å². The maximum absolute atomic E-state index is 9.51. The van der Waals surface area contributed by atoms with E-state index in [-0.39, 0.29) is 0 Å². The molecule has 1 aliphatic heterocycles. The summed E-state index contributed by atoms with van der Waals surface area (Å²) in [6.07, 6.45) is 2.36. The van der Waals surface area contributed by atoms with Crippen LogP contribution in [-0.2, 0) is 4.79 Å². The zero-order valence-corrected chi connectivity index (χ0v) is 4.27. The fourth-order valence-electron chi connectivity index (χ4n) is 0.383. The van der Waals surface area contributed by atoms with Crippen molar-refractivity contribution in [3.8, 4) is 0 Å². The molecule has 0 saturated carbocycles. The van der Waals surface area contributed by atoms with Crippen LogP contribution in [0, 0.1) is 0 Å². The zero-order chi connectivity index (χ0) is 5.82. The van der Waals surface area contributed by atoms with Crippen LogP contribution in [0.1, 0.15) is 6.42 Å². The summed E-state index contributed by atoms with van der Waals surface area (Å²) in [5.74, 6) is 0.952. The van der Waals surface area contributed by atoms with Gasteiger partial charge in [-0.15, -0.1) is 0 Å². The summed E-state index contributed by atoms with van der Waals surface area (Å²) in [6.45, 7) is 0.620. The monoisotopic (exact) mass is 112 g/mol. The Hall–Kier alpha value is -1.06. The second-order valence-electron chi connectivity index (χ2n) is 1.45. The molecule has 0 aromatic carbocycles. The molecule has 1 radical (unpaired) electrons. The predicted octanol–water partition coefficient (Wildman–Crippen LogP) is -1.05. The molecule has 1 heterocycles. The minimum Gasteiger partial charge on any atom is -0.347 e. The van der Waals surface area contributed by atoms with Crippen LogP contribution in [0.15, 0.2) is 5.10 Å². The van der Waals surface area contributed by atoms with Gasteiger partial charge in [-0.05, 0) is 0 Å². The predicted molar refractivity (Wildman–Crippen MR) is 28.9 cm³/mol. The third kappa shape index (κ3) is 1.59. The molecule has 43 valence electrons. The lowest BCUT2D eigenvalue weighted by Gasteiger charge is -1.86. The van der Waals surface area contributed by atoms with Gasteiger partial charge in [0.05, 0.1) is 0 Å². The number of nitrogens with zero attached hydrogens (tertiary/aromatic N) is 1. The average molecular weight is 112 g/mol. The van der Waals surface area contributed by atoms with Crippen molar-refractivity contribution in [3.05, 3.63) is 0 Å². The van der Waals surface area contributed by atoms with Gasteiger partial charge in [0.25, 0.3) is 0 Å². The second-order valence-corrected chi connectivity index (χ2v) is 1.45. The smallest absolute Gasteiger partial charge is 0.309 e. The topological polar surface area (TPSA) is 63.4 Å². The van der Waals surface area contributed by atoms with Crippen molar-refractivity contribution in [2.75, 3.05) is 6.54 Å². The van der Waals surface area contributed by atoms with Crippen molar-refractivity contribution in [3.63, 3.8) is 0 Å². The average Bonchev–Trinajstić information content (AvgIpc) is 2.51. The van der Waals surface area contributed by atoms with Crippen LogP contribution in [0.3, 0.4) is 0 Å². The number of amides is 1. The van der Waals surface area contributed by atoms with Gasteiger partial charge in [-0.1, -0.05) is 0 Å². The highest BCUT2D eigenvalue weighted by molar-refractivity contribution is 5.90. The van der Waals surface area contributed by atoms with Gasteiger partial charge in [-0.2, -0.15) is 5.10 Å². The molecule has 2 N–H and O–H groups in total. The molecule has 4 nitrogen and oxygen atoms in total. The highest BCUT2D eigenvalue weighted by Crippen LogP contribution is 1.89. The van der Waals surface area contributed by atoms with Crippen LogP contribution >= 0.6 is 0 Å². The van der Waals surface area contributed by atoms with Gasteiger partial charge >= 0.3 is 6.41 Å². The maximum atomic E-state index is 9.51. The van der Waals surface area contributed by atoms with Gasteiger partial charge in [0.1, 0.15) is 5.84 Å². The first-order chi connectivity index (χ1) is 3.93. The molecular weight excluding hydrogens is 106 g/mol. The molecule has 0 bridgehead atoms. The number of hydrazone groups is 1. The van der Waals surface area contributed by atoms with Crippen LogP contribution in [0.4, 0.5) is 0 Å². The van der Waals surface area contributed by atoms with E-state index in [2.05, 4.69) is 15.8 Å². The number of nitrogens with one attached hydrogen (secondary N) is 2. The Bertz CT molecular complexity index is 120. The van der Waals surface area contributed by atoms with E-state index in [4.69, 9.17) is 0 Å². The summed E-state index contributed by atoms with van der Waals surface area (Å²) < 4.78 is 0. The first-order valence-electron chi connectivity index (χ1n) is 2.36. The maximum Gasteiger partial charge on any atom is 0.309 e. The van der Waals surface area contributed by atoms with Gasteiger partial charge in [-0.25, -0.2) is 0 Å². The summed E-state index contributed by atoms with van der Waals surface area (Å²) in [7, 11) is 0. The lowest BCUT2D eigenvalue weighted by atomic mass is 10.4. The lowest BCUT2D eigenvalue weighted by Crippen LogP contribution is -2.14. The summed E-state index contributed by atoms with van der Waals surface area (Å²) in [5.41, 5.74) is 2.67. The third-order valence-electron chi connectivity index (χ3n) is 0.829. The van der Waals surface area contributed by atoms with E-state index in [1.807, 2.05) is 0 Å². The number of rotatable bonds is 4. The van der Waals surface area contributed by atoms with Crippen molar-refractivity contribution in [2.45, 2.75) is 6.42 Å². The van der Waals surface area contributed by atoms with Gasteiger partial charge in [0.2, 0.25) is 0 Å². The molecule has 0 fully saturated rings. The van der Waals surface area contributed by atoms with Gasteiger partial charge in [0.15, 0.2) is 0 Å². The Morgan fingerprint density at radius 3 is 3.12 bits per heavy atom. The molecule has 0 aliphatic carbocycles. The van der Waals surface area contributed by atoms with Gasteiger partial charge < -0.3 is 5.32 Å². The van der Waals surface area contributed by atoms with E-state index < -0.39 is 0 Å². The van der Waals surface area contributed by atoms with E-state index in [0.29, 0.717) is 6.54 Å². The Balaban J connectivity index is 1.88. The Morgan fingerprint density at radius 1 is 1.88 bits per heavy atom. The third-order valence-corrected chi connectivity index (χ3v) is 0.829. The van der Waals surface area contributed by atoms with Crippen molar-refractivity contribution >= 4 is 12.2 Å². The Morgan fingerprint density at radius 2 is 2.62 bits per heavy atom. The van der Waals surface area contributed by atoms with E-state index in [1.165, 1.54) is 0 Å². The highest BCUT2D eigenvalue weighted by atomic mass is 16.1. The normalized spacial score (nSPS) is 13.8. The quantitative estimate of drug-likeness (QED) is 0.360. The minimum atomic E-state index is 0.620. The molecule has 0 aromatic rings. The van der Waals surface area contributed by atoms with Gasteiger partial charge in [0, 0.05) is 13.0 Å². The number of carbonyl (C=O) groups excluding carboxylic acids is 1. The molecule has 0 spiro atoms. The van der Waals surface area contributed by atoms with Crippen molar-refractivity contribution in [1.82, 2.24) is 10.7 Å². The standard InChI is InChI=1S/C4H6N3O/c8-3-5-2-1-4-6-7-4/h1-2H2,(H,5,8)(H,6,7). The Labute approximate surface area is 47.0 Å². The molecule has 0 unspecified atom stereocenters. The zero-order valence-electron chi connectivity index (χ0n) is 4.27. The summed E-state index contributed by atoms with van der Waals surface area (Å²) in [6, 6.07) is 0. The summed E-state index contributed by atoms with van der Waals surface area (Å²) in [5, 5.41) is 6.06. The molecule has 1 aliphatic rings. The fraction of sp³-hybridized carbons (Fsp3) is 0.500. The molecule has 1 amide bonds. The summed E-state index contributed by atoms with van der Waals surface area (Å²) >= 11 is 0. The van der Waals surface area contributed by atoms with Crippen molar-refractivity contribution < 1.29 is 4.79 Å². The molecule has 0 saturated heterocycles. The molecule has 8 heavy (non-hydrogen) atoms. The fourth-order valence-corrected chi connectivity index (χ4v) is 0.383. The lowest BCUT2D eigenvalue weighted by molar-refractivity contribution is 0.543. The van der Waals surface area contributed by atoms with E-state index in [9.17, 15) is 4.79 Å². The Kier molecular flexibility index (Phi) is 1.46. The van der Waals surface area contributed by atoms with E-state index in [1.54, 1.807) is 6.41 Å². The van der Waals surface area contributed by atoms with Gasteiger partial charge in [-0.3, -0.25) is 10.2 Å². The van der Waals surface area contributed by atoms with Crippen molar-refractivity contribution in [1.29, 1.82) is 0 Å². The number of hydrogen-bond donors (Lipinski definition) is 2. The first-order valence-corrected chi connectivity index (χ1v) is 2.36. The largest absolute Gasteiger partial charge is 0.347 e. The molecule has 0 aromatic heterocycles.